The molecule has 0 spiro atoms. The zero-order chi connectivity index (χ0) is 20.5. The second-order valence-electron chi connectivity index (χ2n) is 6.28. The third-order valence-electron chi connectivity index (χ3n) is 4.32. The molecule has 1 aromatic heterocycles. The van der Waals surface area contributed by atoms with Gasteiger partial charge < -0.3 is 14.8 Å². The first-order valence-electron chi connectivity index (χ1n) is 8.55. The first kappa shape index (κ1) is 19.1. The highest BCUT2D eigenvalue weighted by atomic mass is 35.5. The molecule has 4 aromatic rings. The van der Waals surface area contributed by atoms with Crippen LogP contribution in [0.2, 0.25) is 10.0 Å². The molecule has 2 N–H and O–H groups in total. The van der Waals surface area contributed by atoms with E-state index in [-0.39, 0.29) is 28.2 Å². The number of phenols is 1. The lowest BCUT2D eigenvalue weighted by molar-refractivity contribution is 0.102. The molecule has 5 nitrogen and oxygen atoms in total. The summed E-state index contributed by atoms with van der Waals surface area (Å²) in [6.07, 6.45) is 0. The molecule has 0 aliphatic heterocycles. The Morgan fingerprint density at radius 2 is 1.69 bits per heavy atom. The Hall–Kier alpha value is -3.28. The molecule has 0 saturated carbocycles. The summed E-state index contributed by atoms with van der Waals surface area (Å²) < 4.78 is 5.90. The number of carbonyl (C=O) groups excluding carboxylic acids is 1. The summed E-state index contributed by atoms with van der Waals surface area (Å²) in [4.78, 5) is 25.2. The number of aromatic hydroxyl groups is 1. The second kappa shape index (κ2) is 7.62. The summed E-state index contributed by atoms with van der Waals surface area (Å²) in [6.45, 7) is 0. The van der Waals surface area contributed by atoms with Crippen molar-refractivity contribution in [2.75, 3.05) is 5.32 Å². The van der Waals surface area contributed by atoms with E-state index >= 15 is 0 Å². The number of fused-ring (bicyclic) bond motifs is 1. The summed E-state index contributed by atoms with van der Waals surface area (Å²) in [7, 11) is 0. The maximum absolute atomic E-state index is 12.6. The van der Waals surface area contributed by atoms with E-state index in [2.05, 4.69) is 5.32 Å². The molecular formula is C22H13Cl2NO4. The molecular weight excluding hydrogens is 413 g/mol. The molecule has 29 heavy (non-hydrogen) atoms. The van der Waals surface area contributed by atoms with Gasteiger partial charge in [0.25, 0.3) is 5.91 Å². The van der Waals surface area contributed by atoms with Gasteiger partial charge >= 0.3 is 0 Å². The number of anilines is 1. The molecule has 3 aromatic carbocycles. The number of carbonyl (C=O) groups is 1. The van der Waals surface area contributed by atoms with E-state index in [1.54, 1.807) is 48.5 Å². The van der Waals surface area contributed by atoms with Gasteiger partial charge in [-0.2, -0.15) is 0 Å². The Morgan fingerprint density at radius 1 is 0.931 bits per heavy atom. The van der Waals surface area contributed by atoms with E-state index in [9.17, 15) is 14.7 Å². The van der Waals surface area contributed by atoms with E-state index in [1.165, 1.54) is 18.2 Å². The van der Waals surface area contributed by atoms with Crippen molar-refractivity contribution in [2.24, 2.45) is 0 Å². The van der Waals surface area contributed by atoms with Gasteiger partial charge in [-0.1, -0.05) is 35.3 Å². The van der Waals surface area contributed by atoms with Crippen LogP contribution in [0.4, 0.5) is 5.69 Å². The molecule has 0 unspecified atom stereocenters. The average molecular weight is 426 g/mol. The number of hydrogen-bond donors (Lipinski definition) is 2. The molecule has 0 bridgehead atoms. The topological polar surface area (TPSA) is 79.5 Å². The van der Waals surface area contributed by atoms with Crippen molar-refractivity contribution in [2.45, 2.75) is 0 Å². The smallest absolute Gasteiger partial charge is 0.255 e. The van der Waals surface area contributed by atoms with E-state index in [4.69, 9.17) is 27.6 Å². The zero-order valence-corrected chi connectivity index (χ0v) is 16.3. The molecule has 0 radical (unpaired) electrons. The van der Waals surface area contributed by atoms with Crippen LogP contribution < -0.4 is 10.7 Å². The molecule has 144 valence electrons. The fourth-order valence-electron chi connectivity index (χ4n) is 2.93. The van der Waals surface area contributed by atoms with Crippen LogP contribution in [0.15, 0.2) is 75.9 Å². The predicted molar refractivity (Wildman–Crippen MR) is 114 cm³/mol. The molecule has 7 heteroatoms. The zero-order valence-electron chi connectivity index (χ0n) is 14.8. The van der Waals surface area contributed by atoms with Crippen LogP contribution >= 0.6 is 23.2 Å². The average Bonchev–Trinajstić information content (AvgIpc) is 2.70. The third-order valence-corrected chi connectivity index (χ3v) is 4.81. The number of phenolic OH excluding ortho intramolecular Hbond substituents is 1. The van der Waals surface area contributed by atoms with Crippen molar-refractivity contribution in [3.05, 3.63) is 92.6 Å². The number of rotatable bonds is 3. The van der Waals surface area contributed by atoms with Crippen LogP contribution in [0.5, 0.6) is 5.75 Å². The predicted octanol–water partition coefficient (Wildman–Crippen LogP) is 5.72. The lowest BCUT2D eigenvalue weighted by Gasteiger charge is -2.11. The van der Waals surface area contributed by atoms with E-state index in [0.717, 1.165) is 0 Å². The summed E-state index contributed by atoms with van der Waals surface area (Å²) in [5.41, 5.74) is 0.841. The summed E-state index contributed by atoms with van der Waals surface area (Å²) >= 11 is 11.9. The van der Waals surface area contributed by atoms with E-state index in [1.807, 2.05) is 0 Å². The number of hydrogen-bond acceptors (Lipinski definition) is 4. The Kier molecular flexibility index (Phi) is 5.01. The fourth-order valence-corrected chi connectivity index (χ4v) is 3.24. The standard InChI is InChI=1S/C22H13Cl2NO4/c23-14-6-4-12(5-7-14)22(28)25-16-8-9-17(26)20-18(27)11-19(29-21(16)20)13-2-1-3-15(24)10-13/h1-11,26H,(H,25,28). The molecule has 0 aliphatic carbocycles. The maximum atomic E-state index is 12.6. The number of benzene rings is 3. The van der Waals surface area contributed by atoms with Crippen LogP contribution in [-0.2, 0) is 0 Å². The Bertz CT molecular complexity index is 1300. The quantitative estimate of drug-likeness (QED) is 0.411. The first-order chi connectivity index (χ1) is 13.9. The van der Waals surface area contributed by atoms with Gasteiger partial charge in [0, 0.05) is 27.2 Å². The molecule has 0 saturated heterocycles. The largest absolute Gasteiger partial charge is 0.507 e. The fraction of sp³-hybridized carbons (Fsp3) is 0. The maximum Gasteiger partial charge on any atom is 0.255 e. The van der Waals surface area contributed by atoms with Gasteiger partial charge in [0.1, 0.15) is 16.9 Å². The second-order valence-corrected chi connectivity index (χ2v) is 7.16. The van der Waals surface area contributed by atoms with Gasteiger partial charge in [0.15, 0.2) is 11.0 Å². The molecule has 0 aliphatic rings. The van der Waals surface area contributed by atoms with Crippen molar-refractivity contribution < 1.29 is 14.3 Å². The molecule has 1 amide bonds. The van der Waals surface area contributed by atoms with E-state index < -0.39 is 11.3 Å². The summed E-state index contributed by atoms with van der Waals surface area (Å²) in [5, 5.41) is 13.8. The van der Waals surface area contributed by atoms with E-state index in [0.29, 0.717) is 21.2 Å². The van der Waals surface area contributed by atoms with Gasteiger partial charge in [-0.3, -0.25) is 9.59 Å². The Morgan fingerprint density at radius 3 is 2.41 bits per heavy atom. The van der Waals surface area contributed by atoms with Crippen LogP contribution in [0, 0.1) is 0 Å². The molecule has 1 heterocycles. The van der Waals surface area contributed by atoms with Crippen molar-refractivity contribution in [3.8, 4) is 17.1 Å². The third kappa shape index (κ3) is 3.83. The molecule has 4 rings (SSSR count). The highest BCUT2D eigenvalue weighted by Gasteiger charge is 2.16. The minimum atomic E-state index is -0.443. The van der Waals surface area contributed by atoms with Crippen molar-refractivity contribution >= 4 is 45.8 Å². The normalized spacial score (nSPS) is 10.8. The SMILES string of the molecule is O=C(Nc1ccc(O)c2c(=O)cc(-c3cccc(Cl)c3)oc12)c1ccc(Cl)cc1. The van der Waals surface area contributed by atoms with Crippen LogP contribution in [0.25, 0.3) is 22.3 Å². The Labute approximate surface area is 175 Å². The van der Waals surface area contributed by atoms with Crippen LogP contribution in [0.1, 0.15) is 10.4 Å². The lowest BCUT2D eigenvalue weighted by atomic mass is 10.1. The number of nitrogens with one attached hydrogen (secondary N) is 1. The molecule has 0 fully saturated rings. The van der Waals surface area contributed by atoms with Crippen LogP contribution in [0.3, 0.4) is 0 Å². The first-order valence-corrected chi connectivity index (χ1v) is 9.30. The minimum absolute atomic E-state index is 0.0234. The number of amides is 1. The van der Waals surface area contributed by atoms with Crippen molar-refractivity contribution in [1.82, 2.24) is 0 Å². The van der Waals surface area contributed by atoms with Crippen molar-refractivity contribution in [3.63, 3.8) is 0 Å². The lowest BCUT2D eigenvalue weighted by Crippen LogP contribution is -2.13. The van der Waals surface area contributed by atoms with Crippen molar-refractivity contribution in [1.29, 1.82) is 0 Å². The minimum Gasteiger partial charge on any atom is -0.507 e. The van der Waals surface area contributed by atoms with Gasteiger partial charge in [0.2, 0.25) is 0 Å². The van der Waals surface area contributed by atoms with Gasteiger partial charge in [-0.05, 0) is 48.5 Å². The summed E-state index contributed by atoms with van der Waals surface area (Å²) in [5.74, 6) is -0.391. The van der Waals surface area contributed by atoms with Gasteiger partial charge in [-0.15, -0.1) is 0 Å². The number of halogens is 2. The van der Waals surface area contributed by atoms with Gasteiger partial charge in [0.05, 0.1) is 5.69 Å². The Balaban J connectivity index is 1.84. The molecule has 0 atom stereocenters. The highest BCUT2D eigenvalue weighted by molar-refractivity contribution is 6.31. The monoisotopic (exact) mass is 425 g/mol. The van der Waals surface area contributed by atoms with Gasteiger partial charge in [-0.25, -0.2) is 0 Å². The summed E-state index contributed by atoms with van der Waals surface area (Å²) in [6, 6.07) is 17.3. The highest BCUT2D eigenvalue weighted by Crippen LogP contribution is 2.32. The van der Waals surface area contributed by atoms with Crippen LogP contribution in [-0.4, -0.2) is 11.0 Å².